The van der Waals surface area contributed by atoms with E-state index in [2.05, 4.69) is 20.7 Å². The predicted octanol–water partition coefficient (Wildman–Crippen LogP) is 3.41. The lowest BCUT2D eigenvalue weighted by atomic mass is 10.1. The van der Waals surface area contributed by atoms with Crippen molar-refractivity contribution in [2.45, 2.75) is 6.54 Å². The van der Waals surface area contributed by atoms with Crippen molar-refractivity contribution < 1.29 is 4.79 Å². The first-order valence-electron chi connectivity index (χ1n) is 8.86. The van der Waals surface area contributed by atoms with Gasteiger partial charge in [0.1, 0.15) is 5.82 Å². The van der Waals surface area contributed by atoms with Gasteiger partial charge in [-0.1, -0.05) is 12.1 Å². The van der Waals surface area contributed by atoms with Gasteiger partial charge in [0.25, 0.3) is 5.91 Å². The van der Waals surface area contributed by atoms with Crippen LogP contribution in [-0.2, 0) is 13.6 Å². The number of para-hydroxylation sites is 1. The summed E-state index contributed by atoms with van der Waals surface area (Å²) in [5, 5.41) is 11.5. The van der Waals surface area contributed by atoms with Crippen molar-refractivity contribution in [3.63, 3.8) is 0 Å². The summed E-state index contributed by atoms with van der Waals surface area (Å²) >= 11 is 0. The van der Waals surface area contributed by atoms with Gasteiger partial charge in [-0.2, -0.15) is 5.10 Å². The largest absolute Gasteiger partial charge is 0.384 e. The normalized spacial score (nSPS) is 10.8. The van der Waals surface area contributed by atoms with Crippen LogP contribution >= 0.6 is 0 Å². The molecule has 4 N–H and O–H groups in total. The number of fused-ring (bicyclic) bond motifs is 1. The SMILES string of the molecule is Cn1ncc2ccc(NC(=O)c3ccccc3NCc3ccnc(N)c3)cc21. The van der Waals surface area contributed by atoms with Gasteiger partial charge in [0.05, 0.1) is 17.3 Å². The minimum Gasteiger partial charge on any atom is -0.384 e. The van der Waals surface area contributed by atoms with E-state index in [0.717, 1.165) is 27.8 Å². The molecule has 140 valence electrons. The zero-order valence-corrected chi connectivity index (χ0v) is 15.4. The second-order valence-corrected chi connectivity index (χ2v) is 6.48. The summed E-state index contributed by atoms with van der Waals surface area (Å²) in [5.41, 5.74) is 9.70. The fourth-order valence-corrected chi connectivity index (χ4v) is 3.06. The van der Waals surface area contributed by atoms with E-state index in [1.807, 2.05) is 49.5 Å². The third-order valence-corrected chi connectivity index (χ3v) is 4.51. The zero-order chi connectivity index (χ0) is 19.5. The molecule has 0 aliphatic rings. The molecular formula is C21H20N6O. The summed E-state index contributed by atoms with van der Waals surface area (Å²) in [7, 11) is 1.87. The zero-order valence-electron chi connectivity index (χ0n) is 15.4. The minimum atomic E-state index is -0.182. The van der Waals surface area contributed by atoms with Gasteiger partial charge in [-0.3, -0.25) is 9.48 Å². The number of benzene rings is 2. The Morgan fingerprint density at radius 1 is 1.14 bits per heavy atom. The minimum absolute atomic E-state index is 0.182. The van der Waals surface area contributed by atoms with Crippen LogP contribution in [0, 0.1) is 0 Å². The van der Waals surface area contributed by atoms with Crippen LogP contribution in [0.3, 0.4) is 0 Å². The number of anilines is 3. The smallest absolute Gasteiger partial charge is 0.257 e. The van der Waals surface area contributed by atoms with E-state index in [1.165, 1.54) is 0 Å². The molecule has 2 heterocycles. The van der Waals surface area contributed by atoms with Crippen LogP contribution in [0.4, 0.5) is 17.2 Å². The molecule has 2 aromatic heterocycles. The molecule has 0 bridgehead atoms. The molecule has 28 heavy (non-hydrogen) atoms. The van der Waals surface area contributed by atoms with Crippen LogP contribution in [0.25, 0.3) is 10.9 Å². The van der Waals surface area contributed by atoms with Gasteiger partial charge >= 0.3 is 0 Å². The van der Waals surface area contributed by atoms with Crippen molar-refractivity contribution in [1.82, 2.24) is 14.8 Å². The average molecular weight is 372 g/mol. The van der Waals surface area contributed by atoms with Crippen LogP contribution in [0.1, 0.15) is 15.9 Å². The van der Waals surface area contributed by atoms with Crippen LogP contribution in [0.5, 0.6) is 0 Å². The van der Waals surface area contributed by atoms with E-state index >= 15 is 0 Å². The van der Waals surface area contributed by atoms with E-state index in [0.29, 0.717) is 17.9 Å². The monoisotopic (exact) mass is 372 g/mol. The summed E-state index contributed by atoms with van der Waals surface area (Å²) in [5.74, 6) is 0.287. The fourth-order valence-electron chi connectivity index (χ4n) is 3.06. The molecule has 0 aliphatic heterocycles. The number of nitrogen functional groups attached to an aromatic ring is 1. The maximum Gasteiger partial charge on any atom is 0.257 e. The summed E-state index contributed by atoms with van der Waals surface area (Å²) in [6.07, 6.45) is 3.46. The van der Waals surface area contributed by atoms with Gasteiger partial charge in [-0.15, -0.1) is 0 Å². The number of carbonyl (C=O) groups excluding carboxylic acids is 1. The highest BCUT2D eigenvalue weighted by Crippen LogP contribution is 2.21. The maximum atomic E-state index is 12.9. The van der Waals surface area contributed by atoms with Gasteiger partial charge in [-0.25, -0.2) is 4.98 Å². The van der Waals surface area contributed by atoms with Gasteiger partial charge in [0, 0.05) is 36.6 Å². The lowest BCUT2D eigenvalue weighted by Crippen LogP contribution is -2.15. The Bertz CT molecular complexity index is 1150. The van der Waals surface area contributed by atoms with E-state index in [4.69, 9.17) is 5.73 Å². The molecular weight excluding hydrogens is 352 g/mol. The molecule has 0 atom stereocenters. The Kier molecular flexibility index (Phi) is 4.63. The van der Waals surface area contributed by atoms with E-state index in [9.17, 15) is 4.79 Å². The number of amides is 1. The number of hydrogen-bond donors (Lipinski definition) is 3. The third-order valence-electron chi connectivity index (χ3n) is 4.51. The quantitative estimate of drug-likeness (QED) is 0.499. The van der Waals surface area contributed by atoms with Crippen molar-refractivity contribution in [2.75, 3.05) is 16.4 Å². The summed E-state index contributed by atoms with van der Waals surface area (Å²) < 4.78 is 1.78. The highest BCUT2D eigenvalue weighted by molar-refractivity contribution is 6.08. The standard InChI is InChI=1S/C21H20N6O/c1-27-19-11-16(7-6-15(19)13-25-27)26-21(28)17-4-2-3-5-18(17)24-12-14-8-9-23-20(22)10-14/h2-11,13,24H,12H2,1H3,(H2,22,23)(H,26,28). The number of nitrogens with two attached hydrogens (primary N) is 1. The summed E-state index contributed by atoms with van der Waals surface area (Å²) in [6.45, 7) is 0.540. The Morgan fingerprint density at radius 3 is 2.86 bits per heavy atom. The second kappa shape index (κ2) is 7.40. The van der Waals surface area contributed by atoms with Crippen LogP contribution in [0.15, 0.2) is 67.0 Å². The Hall–Kier alpha value is -3.87. The number of rotatable bonds is 5. The number of nitrogens with one attached hydrogen (secondary N) is 2. The lowest BCUT2D eigenvalue weighted by molar-refractivity contribution is 0.102. The summed E-state index contributed by atoms with van der Waals surface area (Å²) in [4.78, 5) is 16.8. The van der Waals surface area contributed by atoms with E-state index in [1.54, 1.807) is 29.2 Å². The molecule has 4 rings (SSSR count). The van der Waals surface area contributed by atoms with Crippen molar-refractivity contribution in [3.05, 3.63) is 78.1 Å². The van der Waals surface area contributed by atoms with Crippen molar-refractivity contribution in [1.29, 1.82) is 0 Å². The van der Waals surface area contributed by atoms with Gasteiger partial charge < -0.3 is 16.4 Å². The number of pyridine rings is 1. The molecule has 0 spiro atoms. The average Bonchev–Trinajstić information content (AvgIpc) is 3.07. The number of nitrogens with zero attached hydrogens (tertiary/aromatic N) is 3. The molecule has 0 saturated carbocycles. The first kappa shape index (κ1) is 17.5. The molecule has 2 aromatic carbocycles. The summed E-state index contributed by atoms with van der Waals surface area (Å²) in [6, 6.07) is 16.8. The Balaban J connectivity index is 1.53. The van der Waals surface area contributed by atoms with Gasteiger partial charge in [0.2, 0.25) is 0 Å². The lowest BCUT2D eigenvalue weighted by Gasteiger charge is -2.13. The number of hydrogen-bond acceptors (Lipinski definition) is 5. The van der Waals surface area contributed by atoms with Crippen molar-refractivity contribution in [3.8, 4) is 0 Å². The van der Waals surface area contributed by atoms with Crippen LogP contribution in [0.2, 0.25) is 0 Å². The number of aryl methyl sites for hydroxylation is 1. The molecule has 0 fully saturated rings. The van der Waals surface area contributed by atoms with Crippen LogP contribution in [-0.4, -0.2) is 20.7 Å². The first-order chi connectivity index (χ1) is 13.6. The van der Waals surface area contributed by atoms with Crippen molar-refractivity contribution >= 4 is 34.0 Å². The molecule has 7 nitrogen and oxygen atoms in total. The first-order valence-corrected chi connectivity index (χ1v) is 8.86. The maximum absolute atomic E-state index is 12.9. The molecule has 0 radical (unpaired) electrons. The Labute approximate surface area is 162 Å². The van der Waals surface area contributed by atoms with Gasteiger partial charge in [-0.05, 0) is 48.0 Å². The molecule has 7 heteroatoms. The third kappa shape index (κ3) is 3.64. The highest BCUT2D eigenvalue weighted by Gasteiger charge is 2.12. The van der Waals surface area contributed by atoms with Crippen molar-refractivity contribution in [2.24, 2.45) is 7.05 Å². The van der Waals surface area contributed by atoms with Gasteiger partial charge in [0.15, 0.2) is 0 Å². The van der Waals surface area contributed by atoms with Crippen LogP contribution < -0.4 is 16.4 Å². The topological polar surface area (TPSA) is 97.9 Å². The number of aromatic nitrogens is 3. The molecule has 0 unspecified atom stereocenters. The Morgan fingerprint density at radius 2 is 2.00 bits per heavy atom. The second-order valence-electron chi connectivity index (χ2n) is 6.48. The molecule has 0 saturated heterocycles. The van der Waals surface area contributed by atoms with E-state index in [-0.39, 0.29) is 5.91 Å². The predicted molar refractivity (Wildman–Crippen MR) is 111 cm³/mol. The fraction of sp³-hybridized carbons (Fsp3) is 0.0952. The highest BCUT2D eigenvalue weighted by atomic mass is 16.1. The molecule has 1 amide bonds. The molecule has 4 aromatic rings. The number of carbonyl (C=O) groups is 1. The van der Waals surface area contributed by atoms with E-state index < -0.39 is 0 Å². The molecule has 0 aliphatic carbocycles.